The third-order valence-electron chi connectivity index (χ3n) is 4.16. The number of anilines is 1. The van der Waals surface area contributed by atoms with Crippen LogP contribution < -0.4 is 4.90 Å². The number of rotatable bonds is 2. The molecule has 1 unspecified atom stereocenters. The number of aryl methyl sites for hydroxylation is 2. The molecule has 20 heavy (non-hydrogen) atoms. The first-order valence-electron chi connectivity index (χ1n) is 7.35. The summed E-state index contributed by atoms with van der Waals surface area (Å²) in [5, 5.41) is 8.51. The van der Waals surface area contributed by atoms with Gasteiger partial charge in [-0.05, 0) is 49.9 Å². The van der Waals surface area contributed by atoms with E-state index in [-0.39, 0.29) is 0 Å². The van der Waals surface area contributed by atoms with Crippen LogP contribution in [0, 0.1) is 13.8 Å². The van der Waals surface area contributed by atoms with E-state index in [1.807, 2.05) is 13.0 Å². The number of hydrogen-bond acceptors (Lipinski definition) is 3. The Morgan fingerprint density at radius 2 is 1.90 bits per heavy atom. The Balaban J connectivity index is 1.80. The van der Waals surface area contributed by atoms with E-state index in [1.54, 1.807) is 0 Å². The summed E-state index contributed by atoms with van der Waals surface area (Å²) >= 11 is 0. The summed E-state index contributed by atoms with van der Waals surface area (Å²) in [7, 11) is 0. The Kier molecular flexibility index (Phi) is 3.68. The summed E-state index contributed by atoms with van der Waals surface area (Å²) in [6, 6.07) is 12.9. The average Bonchev–Trinajstić information content (AvgIpc) is 2.49. The molecule has 0 radical (unpaired) electrons. The Morgan fingerprint density at radius 1 is 1.05 bits per heavy atom. The van der Waals surface area contributed by atoms with Crippen LogP contribution in [0.2, 0.25) is 0 Å². The quantitative estimate of drug-likeness (QED) is 0.834. The van der Waals surface area contributed by atoms with Crippen LogP contribution in [0.5, 0.6) is 0 Å². The normalized spacial score (nSPS) is 19.1. The second-order valence-electron chi connectivity index (χ2n) is 5.67. The summed E-state index contributed by atoms with van der Waals surface area (Å²) in [5.74, 6) is 1.61. The maximum Gasteiger partial charge on any atom is 0.151 e. The van der Waals surface area contributed by atoms with E-state index in [4.69, 9.17) is 0 Å². The van der Waals surface area contributed by atoms with Gasteiger partial charge in [-0.1, -0.05) is 24.3 Å². The predicted octanol–water partition coefficient (Wildman–Crippen LogP) is 3.48. The monoisotopic (exact) mass is 267 g/mol. The Hall–Kier alpha value is -1.90. The molecule has 1 atom stereocenters. The fourth-order valence-electron chi connectivity index (χ4n) is 3.04. The lowest BCUT2D eigenvalue weighted by Crippen LogP contribution is -2.35. The average molecular weight is 267 g/mol. The number of aromatic nitrogens is 2. The molecule has 0 aliphatic carbocycles. The highest BCUT2D eigenvalue weighted by molar-refractivity contribution is 5.40. The van der Waals surface area contributed by atoms with E-state index in [1.165, 1.54) is 24.0 Å². The Labute approximate surface area is 120 Å². The Morgan fingerprint density at radius 3 is 2.65 bits per heavy atom. The first-order chi connectivity index (χ1) is 9.74. The van der Waals surface area contributed by atoms with E-state index in [2.05, 4.69) is 52.4 Å². The first-order valence-corrected chi connectivity index (χ1v) is 7.35. The van der Waals surface area contributed by atoms with Crippen molar-refractivity contribution in [3.05, 3.63) is 53.2 Å². The van der Waals surface area contributed by atoms with Gasteiger partial charge in [-0.3, -0.25) is 0 Å². The zero-order valence-electron chi connectivity index (χ0n) is 12.2. The van der Waals surface area contributed by atoms with Gasteiger partial charge in [-0.25, -0.2) is 0 Å². The van der Waals surface area contributed by atoms with Gasteiger partial charge in [-0.15, -0.1) is 5.10 Å². The van der Waals surface area contributed by atoms with E-state index < -0.39 is 0 Å². The molecule has 1 aromatic carbocycles. The van der Waals surface area contributed by atoms with Crippen LogP contribution in [-0.4, -0.2) is 23.3 Å². The van der Waals surface area contributed by atoms with Crippen LogP contribution in [0.25, 0.3) is 0 Å². The van der Waals surface area contributed by atoms with Crippen molar-refractivity contribution in [2.75, 3.05) is 18.0 Å². The fraction of sp³-hybridized carbons (Fsp3) is 0.412. The molecule has 1 saturated heterocycles. The van der Waals surface area contributed by atoms with Crippen LogP contribution in [0.15, 0.2) is 36.4 Å². The van der Waals surface area contributed by atoms with Crippen molar-refractivity contribution < 1.29 is 0 Å². The van der Waals surface area contributed by atoms with Crippen molar-refractivity contribution in [2.45, 2.75) is 32.6 Å². The minimum atomic E-state index is 0.605. The van der Waals surface area contributed by atoms with E-state index in [0.29, 0.717) is 5.92 Å². The van der Waals surface area contributed by atoms with Gasteiger partial charge < -0.3 is 4.90 Å². The van der Waals surface area contributed by atoms with Crippen molar-refractivity contribution in [3.8, 4) is 0 Å². The maximum absolute atomic E-state index is 4.33. The zero-order chi connectivity index (χ0) is 13.9. The topological polar surface area (TPSA) is 29.0 Å². The molecular formula is C17H21N3. The molecular weight excluding hydrogens is 246 g/mol. The molecule has 3 rings (SSSR count). The number of hydrogen-bond donors (Lipinski definition) is 0. The summed E-state index contributed by atoms with van der Waals surface area (Å²) in [6.45, 7) is 6.31. The summed E-state index contributed by atoms with van der Waals surface area (Å²) in [5.41, 5.74) is 3.85. The third kappa shape index (κ3) is 2.67. The molecule has 1 aliphatic heterocycles. The standard InChI is InChI=1S/C17H21N3/c1-13-6-3-4-8-16(13)15-7-5-11-20(12-15)17-10-9-14(2)18-19-17/h3-4,6,8-10,15H,5,7,11-12H2,1-2H3. The van der Waals surface area contributed by atoms with Gasteiger partial charge in [0.2, 0.25) is 0 Å². The SMILES string of the molecule is Cc1ccc(N2CCCC(c3ccccc3C)C2)nn1. The van der Waals surface area contributed by atoms with E-state index in [0.717, 1.165) is 24.6 Å². The van der Waals surface area contributed by atoms with Gasteiger partial charge in [0.1, 0.15) is 0 Å². The fourth-order valence-corrected chi connectivity index (χ4v) is 3.04. The maximum atomic E-state index is 4.33. The van der Waals surface area contributed by atoms with Gasteiger partial charge in [0.25, 0.3) is 0 Å². The smallest absolute Gasteiger partial charge is 0.151 e. The van der Waals surface area contributed by atoms with Gasteiger partial charge in [0, 0.05) is 19.0 Å². The molecule has 2 aromatic rings. The molecule has 3 heteroatoms. The molecule has 2 heterocycles. The zero-order valence-corrected chi connectivity index (χ0v) is 12.2. The Bertz CT molecular complexity index is 577. The van der Waals surface area contributed by atoms with Crippen LogP contribution in [0.4, 0.5) is 5.82 Å². The number of nitrogens with zero attached hydrogens (tertiary/aromatic N) is 3. The van der Waals surface area contributed by atoms with Crippen LogP contribution in [-0.2, 0) is 0 Å². The highest BCUT2D eigenvalue weighted by Gasteiger charge is 2.23. The molecule has 0 bridgehead atoms. The van der Waals surface area contributed by atoms with Crippen LogP contribution in [0.3, 0.4) is 0 Å². The van der Waals surface area contributed by atoms with Gasteiger partial charge in [-0.2, -0.15) is 5.10 Å². The highest BCUT2D eigenvalue weighted by Crippen LogP contribution is 2.30. The van der Waals surface area contributed by atoms with Crippen molar-refractivity contribution in [2.24, 2.45) is 0 Å². The second-order valence-corrected chi connectivity index (χ2v) is 5.67. The van der Waals surface area contributed by atoms with Gasteiger partial charge in [0.15, 0.2) is 5.82 Å². The summed E-state index contributed by atoms with van der Waals surface area (Å²) < 4.78 is 0. The molecule has 3 nitrogen and oxygen atoms in total. The molecule has 0 spiro atoms. The van der Waals surface area contributed by atoms with Crippen LogP contribution in [0.1, 0.15) is 35.6 Å². The lowest BCUT2D eigenvalue weighted by molar-refractivity contribution is 0.504. The van der Waals surface area contributed by atoms with Crippen LogP contribution >= 0.6 is 0 Å². The molecule has 1 aromatic heterocycles. The summed E-state index contributed by atoms with van der Waals surface area (Å²) in [4.78, 5) is 2.37. The molecule has 104 valence electrons. The minimum absolute atomic E-state index is 0.605. The van der Waals surface area contributed by atoms with Gasteiger partial charge >= 0.3 is 0 Å². The number of piperidine rings is 1. The van der Waals surface area contributed by atoms with Crippen molar-refractivity contribution >= 4 is 5.82 Å². The summed E-state index contributed by atoms with van der Waals surface area (Å²) in [6.07, 6.45) is 2.48. The second kappa shape index (κ2) is 5.61. The third-order valence-corrected chi connectivity index (χ3v) is 4.16. The molecule has 1 fully saturated rings. The minimum Gasteiger partial charge on any atom is -0.355 e. The predicted molar refractivity (Wildman–Crippen MR) is 82.1 cm³/mol. The van der Waals surface area contributed by atoms with E-state index in [9.17, 15) is 0 Å². The molecule has 0 saturated carbocycles. The largest absolute Gasteiger partial charge is 0.355 e. The van der Waals surface area contributed by atoms with Crippen molar-refractivity contribution in [3.63, 3.8) is 0 Å². The number of benzene rings is 1. The molecule has 1 aliphatic rings. The first kappa shape index (κ1) is 13.1. The van der Waals surface area contributed by atoms with E-state index >= 15 is 0 Å². The van der Waals surface area contributed by atoms with Crippen molar-refractivity contribution in [1.29, 1.82) is 0 Å². The lowest BCUT2D eigenvalue weighted by atomic mass is 9.88. The van der Waals surface area contributed by atoms with Crippen molar-refractivity contribution in [1.82, 2.24) is 10.2 Å². The highest BCUT2D eigenvalue weighted by atomic mass is 15.3. The van der Waals surface area contributed by atoms with Gasteiger partial charge in [0.05, 0.1) is 5.69 Å². The lowest BCUT2D eigenvalue weighted by Gasteiger charge is -2.34. The molecule has 0 N–H and O–H groups in total. The molecule has 0 amide bonds.